The molecule has 3 aromatic heterocycles. The van der Waals surface area contributed by atoms with Crippen LogP contribution in [-0.4, -0.2) is 31.0 Å². The molecule has 6 nitrogen and oxygen atoms in total. The number of pyridine rings is 1. The molecule has 0 saturated carbocycles. The number of nitrogens with zero attached hydrogens (tertiary/aromatic N) is 6. The van der Waals surface area contributed by atoms with Crippen LogP contribution in [0.1, 0.15) is 32.4 Å². The summed E-state index contributed by atoms with van der Waals surface area (Å²) in [6.07, 6.45) is 7.23. The zero-order chi connectivity index (χ0) is 16.0. The van der Waals surface area contributed by atoms with E-state index in [1.54, 1.807) is 6.33 Å². The Kier molecular flexibility index (Phi) is 3.07. The lowest BCUT2D eigenvalue weighted by atomic mass is 9.72. The molecule has 0 aliphatic carbocycles. The van der Waals surface area contributed by atoms with Gasteiger partial charge in [0.15, 0.2) is 17.0 Å². The topological polar surface area (TPSA) is 59.7 Å². The van der Waals surface area contributed by atoms with Crippen LogP contribution in [0.3, 0.4) is 0 Å². The van der Waals surface area contributed by atoms with Crippen molar-refractivity contribution in [3.63, 3.8) is 0 Å². The monoisotopic (exact) mass is 308 g/mol. The molecule has 0 amide bonds. The molecule has 118 valence electrons. The fourth-order valence-corrected chi connectivity index (χ4v) is 3.60. The van der Waals surface area contributed by atoms with E-state index in [9.17, 15) is 0 Å². The number of hydrogen-bond acceptors (Lipinski definition) is 5. The summed E-state index contributed by atoms with van der Waals surface area (Å²) in [5.41, 5.74) is 3.16. The first-order valence-corrected chi connectivity index (χ1v) is 7.94. The maximum Gasteiger partial charge on any atom is 0.165 e. The molecule has 4 heterocycles. The van der Waals surface area contributed by atoms with E-state index in [4.69, 9.17) is 0 Å². The van der Waals surface area contributed by atoms with E-state index < -0.39 is 0 Å². The first kappa shape index (κ1) is 14.1. The molecule has 23 heavy (non-hydrogen) atoms. The number of rotatable bonds is 3. The number of fused-ring (bicyclic) bond motifs is 1. The third-order valence-electron chi connectivity index (χ3n) is 4.62. The first-order valence-electron chi connectivity index (χ1n) is 7.94. The predicted octanol–water partition coefficient (Wildman–Crippen LogP) is 2.83. The summed E-state index contributed by atoms with van der Waals surface area (Å²) in [6, 6.07) is 4.37. The van der Waals surface area contributed by atoms with E-state index in [1.807, 2.05) is 29.4 Å². The average molecular weight is 308 g/mol. The van der Waals surface area contributed by atoms with Crippen molar-refractivity contribution in [2.24, 2.45) is 5.41 Å². The highest BCUT2D eigenvalue weighted by atomic mass is 15.3. The van der Waals surface area contributed by atoms with Gasteiger partial charge in [0.05, 0.1) is 12.4 Å². The van der Waals surface area contributed by atoms with E-state index in [0.29, 0.717) is 0 Å². The van der Waals surface area contributed by atoms with Gasteiger partial charge in [-0.25, -0.2) is 15.0 Å². The molecule has 6 heteroatoms. The molecule has 1 aliphatic rings. The molecule has 0 N–H and O–H groups in total. The fraction of sp³-hybridized carbons (Fsp3) is 0.412. The molecule has 0 aromatic carbocycles. The quantitative estimate of drug-likeness (QED) is 0.744. The van der Waals surface area contributed by atoms with Crippen LogP contribution in [0.5, 0.6) is 0 Å². The van der Waals surface area contributed by atoms with Crippen LogP contribution in [0.25, 0.3) is 11.2 Å². The first-order chi connectivity index (χ1) is 11.1. The Morgan fingerprint density at radius 3 is 2.83 bits per heavy atom. The molecule has 3 aromatic rings. The SMILES string of the molecule is CCn1cnc2c(N3CC(C)(C)[C@@H]3c3cccnc3)ncnc21. The summed E-state index contributed by atoms with van der Waals surface area (Å²) in [7, 11) is 0. The van der Waals surface area contributed by atoms with Gasteiger partial charge >= 0.3 is 0 Å². The molecular weight excluding hydrogens is 288 g/mol. The van der Waals surface area contributed by atoms with Crippen molar-refractivity contribution in [3.8, 4) is 0 Å². The third kappa shape index (κ3) is 2.09. The van der Waals surface area contributed by atoms with Crippen LogP contribution in [-0.2, 0) is 6.54 Å². The van der Waals surface area contributed by atoms with Gasteiger partial charge in [-0.05, 0) is 18.6 Å². The molecule has 0 radical (unpaired) electrons. The minimum absolute atomic E-state index is 0.174. The van der Waals surface area contributed by atoms with Crippen molar-refractivity contribution < 1.29 is 0 Å². The normalized spacial score (nSPS) is 19.8. The lowest BCUT2D eigenvalue weighted by Crippen LogP contribution is -2.56. The number of anilines is 1. The van der Waals surface area contributed by atoms with Gasteiger partial charge in [-0.15, -0.1) is 0 Å². The van der Waals surface area contributed by atoms with Crippen LogP contribution < -0.4 is 4.90 Å². The highest BCUT2D eigenvalue weighted by Gasteiger charge is 2.48. The van der Waals surface area contributed by atoms with Crippen LogP contribution in [0.15, 0.2) is 37.2 Å². The molecule has 0 spiro atoms. The molecule has 1 fully saturated rings. The van der Waals surface area contributed by atoms with Crippen LogP contribution >= 0.6 is 0 Å². The van der Waals surface area contributed by atoms with E-state index >= 15 is 0 Å². The van der Waals surface area contributed by atoms with Gasteiger partial charge in [-0.1, -0.05) is 19.9 Å². The Bertz CT molecular complexity index is 839. The lowest BCUT2D eigenvalue weighted by molar-refractivity contribution is 0.179. The Balaban J connectivity index is 1.80. The summed E-state index contributed by atoms with van der Waals surface area (Å²) >= 11 is 0. The summed E-state index contributed by atoms with van der Waals surface area (Å²) in [6.45, 7) is 8.45. The van der Waals surface area contributed by atoms with Crippen molar-refractivity contribution >= 4 is 17.0 Å². The molecule has 0 unspecified atom stereocenters. The van der Waals surface area contributed by atoms with Crippen LogP contribution in [0.2, 0.25) is 0 Å². The van der Waals surface area contributed by atoms with Crippen LogP contribution in [0, 0.1) is 5.41 Å². The largest absolute Gasteiger partial charge is 0.346 e. The number of aromatic nitrogens is 5. The van der Waals surface area contributed by atoms with Crippen molar-refractivity contribution in [2.75, 3.05) is 11.4 Å². The average Bonchev–Trinajstić information content (AvgIpc) is 2.97. The standard InChI is InChI=1S/C17H20N6/c1-4-22-11-21-13-15(22)19-10-20-16(13)23-9-17(2,3)14(23)12-6-5-7-18-8-12/h5-8,10-11,14H,4,9H2,1-3H3/t14-/m0/s1. The van der Waals surface area contributed by atoms with Gasteiger partial charge in [0, 0.05) is 30.9 Å². The summed E-state index contributed by atoms with van der Waals surface area (Å²) in [5, 5.41) is 0. The van der Waals surface area contributed by atoms with Crippen molar-refractivity contribution in [3.05, 3.63) is 42.7 Å². The van der Waals surface area contributed by atoms with Crippen molar-refractivity contribution in [1.29, 1.82) is 0 Å². The molecule has 1 atom stereocenters. The molecule has 0 bridgehead atoms. The van der Waals surface area contributed by atoms with Crippen LogP contribution in [0.4, 0.5) is 5.82 Å². The highest BCUT2D eigenvalue weighted by Crippen LogP contribution is 2.50. The van der Waals surface area contributed by atoms with Gasteiger partial charge in [-0.2, -0.15) is 0 Å². The molecule has 1 aliphatic heterocycles. The fourth-order valence-electron chi connectivity index (χ4n) is 3.60. The Hall–Kier alpha value is -2.50. The second-order valence-corrected chi connectivity index (χ2v) is 6.71. The second kappa shape index (κ2) is 5.01. The smallest absolute Gasteiger partial charge is 0.165 e. The second-order valence-electron chi connectivity index (χ2n) is 6.71. The summed E-state index contributed by atoms with van der Waals surface area (Å²) in [5.74, 6) is 0.912. The van der Waals surface area contributed by atoms with E-state index in [0.717, 1.165) is 30.1 Å². The minimum atomic E-state index is 0.174. The zero-order valence-corrected chi connectivity index (χ0v) is 13.6. The van der Waals surface area contributed by atoms with E-state index in [-0.39, 0.29) is 11.5 Å². The maximum atomic E-state index is 4.55. The Morgan fingerprint density at radius 2 is 2.13 bits per heavy atom. The lowest BCUT2D eigenvalue weighted by Gasteiger charge is -2.55. The predicted molar refractivity (Wildman–Crippen MR) is 89.1 cm³/mol. The third-order valence-corrected chi connectivity index (χ3v) is 4.62. The van der Waals surface area contributed by atoms with Gasteiger partial charge in [-0.3, -0.25) is 4.98 Å². The van der Waals surface area contributed by atoms with Crippen molar-refractivity contribution in [2.45, 2.75) is 33.4 Å². The van der Waals surface area contributed by atoms with E-state index in [2.05, 4.69) is 51.7 Å². The zero-order valence-electron chi connectivity index (χ0n) is 13.6. The summed E-state index contributed by atoms with van der Waals surface area (Å²) in [4.78, 5) is 20.1. The number of hydrogen-bond donors (Lipinski definition) is 0. The number of aryl methyl sites for hydroxylation is 1. The Morgan fingerprint density at radius 1 is 1.26 bits per heavy atom. The molecule has 1 saturated heterocycles. The van der Waals surface area contributed by atoms with Crippen molar-refractivity contribution in [1.82, 2.24) is 24.5 Å². The summed E-state index contributed by atoms with van der Waals surface area (Å²) < 4.78 is 2.05. The van der Waals surface area contributed by atoms with E-state index in [1.165, 1.54) is 5.56 Å². The maximum absolute atomic E-state index is 4.55. The molecular formula is C17H20N6. The highest BCUT2D eigenvalue weighted by molar-refractivity contribution is 5.84. The van der Waals surface area contributed by atoms with Gasteiger partial charge < -0.3 is 9.47 Å². The Labute approximate surface area is 135 Å². The van der Waals surface area contributed by atoms with Gasteiger partial charge in [0.25, 0.3) is 0 Å². The van der Waals surface area contributed by atoms with Gasteiger partial charge in [0.1, 0.15) is 6.33 Å². The van der Waals surface area contributed by atoms with Gasteiger partial charge in [0.2, 0.25) is 0 Å². The number of imidazole rings is 1. The molecule has 4 rings (SSSR count). The minimum Gasteiger partial charge on any atom is -0.346 e.